The van der Waals surface area contributed by atoms with Gasteiger partial charge in [0.25, 0.3) is 0 Å². The van der Waals surface area contributed by atoms with Gasteiger partial charge in [0.1, 0.15) is 11.5 Å². The van der Waals surface area contributed by atoms with Gasteiger partial charge in [0.05, 0.1) is 16.7 Å². The predicted molar refractivity (Wildman–Crippen MR) is 76.1 cm³/mol. The average molecular weight is 318 g/mol. The lowest BCUT2D eigenvalue weighted by Gasteiger charge is -2.12. The maximum atomic E-state index is 11.4. The number of aromatic carboxylic acids is 3. The van der Waals surface area contributed by atoms with Crippen molar-refractivity contribution in [3.63, 3.8) is 0 Å². The summed E-state index contributed by atoms with van der Waals surface area (Å²) in [5, 5.41) is 47.0. The monoisotopic (exact) mass is 318 g/mol. The molecule has 0 aliphatic heterocycles. The van der Waals surface area contributed by atoms with E-state index in [0.717, 1.165) is 30.3 Å². The van der Waals surface area contributed by atoms with Crippen LogP contribution in [-0.4, -0.2) is 43.4 Å². The highest BCUT2D eigenvalue weighted by molar-refractivity contribution is 6.03. The molecule has 0 aromatic heterocycles. The Labute approximate surface area is 128 Å². The summed E-state index contributed by atoms with van der Waals surface area (Å²) >= 11 is 0. The van der Waals surface area contributed by atoms with Crippen LogP contribution in [0.1, 0.15) is 31.1 Å². The van der Waals surface area contributed by atoms with Gasteiger partial charge in [0.2, 0.25) is 0 Å². The second kappa shape index (κ2) is 5.68. The Balaban J connectivity index is 2.82. The number of carbonyl (C=O) groups is 3. The molecule has 5 N–H and O–H groups in total. The topological polar surface area (TPSA) is 152 Å². The second-order valence-electron chi connectivity index (χ2n) is 4.57. The van der Waals surface area contributed by atoms with Crippen molar-refractivity contribution in [1.82, 2.24) is 0 Å². The van der Waals surface area contributed by atoms with Gasteiger partial charge in [-0.05, 0) is 30.3 Å². The molecule has 0 spiro atoms. The zero-order valence-corrected chi connectivity index (χ0v) is 11.3. The molecule has 8 nitrogen and oxygen atoms in total. The Hall–Kier alpha value is -3.55. The molecule has 8 heteroatoms. The van der Waals surface area contributed by atoms with E-state index in [1.54, 1.807) is 0 Å². The molecule has 0 saturated heterocycles. The molecular weight excluding hydrogens is 308 g/mol. The normalized spacial score (nSPS) is 10.3. The molecular formula is C15H10O8. The lowest BCUT2D eigenvalue weighted by molar-refractivity contribution is 0.0682. The molecule has 0 aliphatic rings. The van der Waals surface area contributed by atoms with Crippen molar-refractivity contribution in [2.24, 2.45) is 0 Å². The van der Waals surface area contributed by atoms with E-state index in [9.17, 15) is 29.7 Å². The molecule has 0 aliphatic carbocycles. The molecule has 0 atom stereocenters. The molecule has 0 radical (unpaired) electrons. The summed E-state index contributed by atoms with van der Waals surface area (Å²) < 4.78 is 0. The summed E-state index contributed by atoms with van der Waals surface area (Å²) in [6.07, 6.45) is 0. The molecule has 0 heterocycles. The Morgan fingerprint density at radius 1 is 0.696 bits per heavy atom. The number of carboxylic acid groups (broad SMARTS) is 3. The van der Waals surface area contributed by atoms with Crippen molar-refractivity contribution in [1.29, 1.82) is 0 Å². The molecule has 2 rings (SSSR count). The van der Waals surface area contributed by atoms with Crippen LogP contribution in [0.2, 0.25) is 0 Å². The van der Waals surface area contributed by atoms with Gasteiger partial charge in [0, 0.05) is 11.1 Å². The molecule has 0 amide bonds. The third-order valence-corrected chi connectivity index (χ3v) is 3.11. The minimum atomic E-state index is -1.54. The van der Waals surface area contributed by atoms with Crippen molar-refractivity contribution < 1.29 is 39.9 Å². The van der Waals surface area contributed by atoms with E-state index < -0.39 is 40.5 Å². The average Bonchev–Trinajstić information content (AvgIpc) is 2.46. The van der Waals surface area contributed by atoms with Gasteiger partial charge in [-0.15, -0.1) is 0 Å². The van der Waals surface area contributed by atoms with Gasteiger partial charge in [-0.25, -0.2) is 14.4 Å². The van der Waals surface area contributed by atoms with E-state index in [1.165, 1.54) is 0 Å². The number of aromatic hydroxyl groups is 2. The van der Waals surface area contributed by atoms with Crippen LogP contribution in [0.25, 0.3) is 11.1 Å². The number of benzene rings is 2. The lowest BCUT2D eigenvalue weighted by atomic mass is 9.94. The Bertz CT molecular complexity index is 838. The molecule has 23 heavy (non-hydrogen) atoms. The van der Waals surface area contributed by atoms with Crippen LogP contribution in [0.3, 0.4) is 0 Å². The zero-order chi connectivity index (χ0) is 17.3. The number of phenolic OH excluding ortho intramolecular Hbond substituents is 2. The van der Waals surface area contributed by atoms with Gasteiger partial charge >= 0.3 is 17.9 Å². The first kappa shape index (κ1) is 15.8. The minimum absolute atomic E-state index is 0.239. The van der Waals surface area contributed by atoms with Crippen LogP contribution in [-0.2, 0) is 0 Å². The number of carboxylic acids is 3. The van der Waals surface area contributed by atoms with Gasteiger partial charge in [0.15, 0.2) is 0 Å². The van der Waals surface area contributed by atoms with E-state index >= 15 is 0 Å². The first-order chi connectivity index (χ1) is 10.7. The van der Waals surface area contributed by atoms with Crippen LogP contribution >= 0.6 is 0 Å². The van der Waals surface area contributed by atoms with E-state index in [4.69, 9.17) is 10.2 Å². The third-order valence-electron chi connectivity index (χ3n) is 3.11. The lowest BCUT2D eigenvalue weighted by Crippen LogP contribution is -2.05. The van der Waals surface area contributed by atoms with Gasteiger partial charge in [-0.3, -0.25) is 0 Å². The summed E-state index contributed by atoms with van der Waals surface area (Å²) in [5.41, 5.74) is -1.89. The molecule has 0 bridgehead atoms. The van der Waals surface area contributed by atoms with E-state index in [1.807, 2.05) is 0 Å². The first-order valence-corrected chi connectivity index (χ1v) is 6.12. The van der Waals surface area contributed by atoms with Crippen molar-refractivity contribution >= 4 is 17.9 Å². The second-order valence-corrected chi connectivity index (χ2v) is 4.57. The fourth-order valence-corrected chi connectivity index (χ4v) is 2.07. The van der Waals surface area contributed by atoms with E-state index in [2.05, 4.69) is 0 Å². The van der Waals surface area contributed by atoms with Crippen molar-refractivity contribution in [2.45, 2.75) is 0 Å². The number of phenols is 2. The summed E-state index contributed by atoms with van der Waals surface area (Å²) in [7, 11) is 0. The van der Waals surface area contributed by atoms with Crippen LogP contribution in [0, 0.1) is 0 Å². The molecule has 0 saturated carbocycles. The van der Waals surface area contributed by atoms with Crippen LogP contribution in [0.4, 0.5) is 0 Å². The summed E-state index contributed by atoms with van der Waals surface area (Å²) in [6, 6.07) is 4.75. The Morgan fingerprint density at radius 3 is 1.83 bits per heavy atom. The first-order valence-electron chi connectivity index (χ1n) is 6.12. The Morgan fingerprint density at radius 2 is 1.30 bits per heavy atom. The fourth-order valence-electron chi connectivity index (χ4n) is 2.07. The van der Waals surface area contributed by atoms with E-state index in [-0.39, 0.29) is 16.7 Å². The maximum Gasteiger partial charge on any atom is 0.336 e. The van der Waals surface area contributed by atoms with Gasteiger partial charge in [-0.2, -0.15) is 0 Å². The fraction of sp³-hybridized carbons (Fsp3) is 0. The Kier molecular flexibility index (Phi) is 3.91. The number of hydrogen-bond donors (Lipinski definition) is 5. The standard InChI is InChI=1S/C15H10O8/c16-10-2-1-6(13(18)19)3-8(10)12-9(15(22)23)4-7(14(20)21)5-11(12)17/h1-5,16-17H,(H,18,19)(H,20,21)(H,22,23). The highest BCUT2D eigenvalue weighted by Gasteiger charge is 2.22. The maximum absolute atomic E-state index is 11.4. The number of rotatable bonds is 4. The van der Waals surface area contributed by atoms with Crippen molar-refractivity contribution in [3.05, 3.63) is 47.0 Å². The summed E-state index contributed by atoms with van der Waals surface area (Å²) in [4.78, 5) is 33.3. The zero-order valence-electron chi connectivity index (χ0n) is 11.3. The third kappa shape index (κ3) is 2.91. The smallest absolute Gasteiger partial charge is 0.336 e. The largest absolute Gasteiger partial charge is 0.507 e. The van der Waals surface area contributed by atoms with Gasteiger partial charge < -0.3 is 25.5 Å². The minimum Gasteiger partial charge on any atom is -0.507 e. The summed E-state index contributed by atoms with van der Waals surface area (Å²) in [5.74, 6) is -5.47. The predicted octanol–water partition coefficient (Wildman–Crippen LogP) is 1.86. The van der Waals surface area contributed by atoms with Crippen molar-refractivity contribution in [2.75, 3.05) is 0 Å². The molecule has 0 fully saturated rings. The number of hydrogen-bond acceptors (Lipinski definition) is 5. The van der Waals surface area contributed by atoms with Crippen LogP contribution in [0.5, 0.6) is 11.5 Å². The SMILES string of the molecule is O=C(O)c1cc(O)c(-c2cc(C(=O)O)ccc2O)c(C(=O)O)c1. The molecule has 0 unspecified atom stereocenters. The van der Waals surface area contributed by atoms with Crippen molar-refractivity contribution in [3.8, 4) is 22.6 Å². The van der Waals surface area contributed by atoms with Gasteiger partial charge in [-0.1, -0.05) is 0 Å². The summed E-state index contributed by atoms with van der Waals surface area (Å²) in [6.45, 7) is 0. The van der Waals surface area contributed by atoms with E-state index in [0.29, 0.717) is 0 Å². The molecule has 2 aromatic rings. The quantitative estimate of drug-likeness (QED) is 0.572. The molecule has 118 valence electrons. The molecule has 2 aromatic carbocycles. The highest BCUT2D eigenvalue weighted by atomic mass is 16.4. The van der Waals surface area contributed by atoms with Crippen LogP contribution in [0.15, 0.2) is 30.3 Å². The highest BCUT2D eigenvalue weighted by Crippen LogP contribution is 2.39. The van der Waals surface area contributed by atoms with Crippen LogP contribution < -0.4 is 0 Å².